The lowest BCUT2D eigenvalue weighted by molar-refractivity contribution is -0.145. The van der Waals surface area contributed by atoms with E-state index in [1.807, 2.05) is 13.0 Å². The predicted octanol–water partition coefficient (Wildman–Crippen LogP) is 3.77. The lowest BCUT2D eigenvalue weighted by Gasteiger charge is -2.35. The summed E-state index contributed by atoms with van der Waals surface area (Å²) in [6, 6.07) is 1.86. The average molecular weight is 341 g/mol. The van der Waals surface area contributed by atoms with E-state index in [1.165, 1.54) is 0 Å². The molecular formula is C15H17BrO4. The molecule has 3 rings (SSSR count). The fourth-order valence-electron chi connectivity index (χ4n) is 3.41. The summed E-state index contributed by atoms with van der Waals surface area (Å²) in [7, 11) is 0. The van der Waals surface area contributed by atoms with Crippen LogP contribution in [0.4, 0.5) is 0 Å². The molecule has 108 valence electrons. The number of carboxylic acid groups (broad SMARTS) is 1. The fourth-order valence-corrected chi connectivity index (χ4v) is 3.81. The summed E-state index contributed by atoms with van der Waals surface area (Å²) in [6.07, 6.45) is 4.30. The number of aliphatic carboxylic acids is 1. The number of benzene rings is 1. The second-order valence-electron chi connectivity index (χ2n) is 5.54. The van der Waals surface area contributed by atoms with Crippen LogP contribution >= 0.6 is 15.9 Å². The normalized spacial score (nSPS) is 19.9. The van der Waals surface area contributed by atoms with E-state index in [0.717, 1.165) is 34.9 Å². The van der Waals surface area contributed by atoms with Crippen molar-refractivity contribution in [1.82, 2.24) is 0 Å². The van der Waals surface area contributed by atoms with Gasteiger partial charge >= 0.3 is 5.97 Å². The molecule has 0 atom stereocenters. The molecule has 0 spiro atoms. The van der Waals surface area contributed by atoms with Crippen LogP contribution in [-0.2, 0) is 10.2 Å². The van der Waals surface area contributed by atoms with Gasteiger partial charge in [0.2, 0.25) is 6.79 Å². The topological polar surface area (TPSA) is 55.8 Å². The van der Waals surface area contributed by atoms with Crippen LogP contribution in [0.1, 0.15) is 43.2 Å². The van der Waals surface area contributed by atoms with Crippen molar-refractivity contribution in [2.45, 2.75) is 44.4 Å². The molecule has 1 aromatic carbocycles. The zero-order chi connectivity index (χ0) is 14.3. The quantitative estimate of drug-likeness (QED) is 0.890. The molecule has 0 saturated heterocycles. The van der Waals surface area contributed by atoms with E-state index in [-0.39, 0.29) is 6.79 Å². The molecule has 4 nitrogen and oxygen atoms in total. The Balaban J connectivity index is 2.24. The van der Waals surface area contributed by atoms with E-state index < -0.39 is 11.4 Å². The zero-order valence-electron chi connectivity index (χ0n) is 11.4. The Bertz CT molecular complexity index is 561. The van der Waals surface area contributed by atoms with Gasteiger partial charge in [0.25, 0.3) is 0 Å². The number of carbonyl (C=O) groups is 1. The molecular weight excluding hydrogens is 324 g/mol. The number of hydrogen-bond donors (Lipinski definition) is 1. The summed E-state index contributed by atoms with van der Waals surface area (Å²) in [6.45, 7) is 2.11. The minimum absolute atomic E-state index is 0.161. The maximum absolute atomic E-state index is 12.0. The molecule has 1 heterocycles. The highest BCUT2D eigenvalue weighted by atomic mass is 79.9. The van der Waals surface area contributed by atoms with Gasteiger partial charge in [0.15, 0.2) is 11.5 Å². The molecule has 0 radical (unpaired) electrons. The Morgan fingerprint density at radius 1 is 1.30 bits per heavy atom. The van der Waals surface area contributed by atoms with Crippen LogP contribution in [0.2, 0.25) is 0 Å². The Labute approximate surface area is 126 Å². The highest BCUT2D eigenvalue weighted by molar-refractivity contribution is 9.10. The maximum atomic E-state index is 12.0. The van der Waals surface area contributed by atoms with Crippen molar-refractivity contribution in [2.24, 2.45) is 0 Å². The number of ether oxygens (including phenoxy) is 2. The molecule has 0 aromatic heterocycles. The summed E-state index contributed by atoms with van der Waals surface area (Å²) in [4.78, 5) is 12.0. The highest BCUT2D eigenvalue weighted by Crippen LogP contribution is 2.51. The first kappa shape index (κ1) is 13.7. The van der Waals surface area contributed by atoms with Crippen molar-refractivity contribution in [3.63, 3.8) is 0 Å². The zero-order valence-corrected chi connectivity index (χ0v) is 13.0. The second-order valence-corrected chi connectivity index (χ2v) is 6.39. The van der Waals surface area contributed by atoms with E-state index in [1.54, 1.807) is 0 Å². The minimum Gasteiger partial charge on any atom is -0.481 e. The number of carboxylic acids is 1. The molecule has 0 unspecified atom stereocenters. The van der Waals surface area contributed by atoms with E-state index in [4.69, 9.17) is 9.47 Å². The summed E-state index contributed by atoms with van der Waals surface area (Å²) in [5, 5.41) is 9.88. The van der Waals surface area contributed by atoms with Crippen LogP contribution in [0.3, 0.4) is 0 Å². The molecule has 1 saturated carbocycles. The van der Waals surface area contributed by atoms with Crippen molar-refractivity contribution in [2.75, 3.05) is 6.79 Å². The molecule has 1 fully saturated rings. The number of rotatable bonds is 2. The summed E-state index contributed by atoms with van der Waals surface area (Å²) in [5.74, 6) is 0.509. The number of hydrogen-bond acceptors (Lipinski definition) is 3. The van der Waals surface area contributed by atoms with E-state index >= 15 is 0 Å². The smallest absolute Gasteiger partial charge is 0.314 e. The number of fused-ring (bicyclic) bond motifs is 1. The van der Waals surface area contributed by atoms with E-state index in [2.05, 4.69) is 15.9 Å². The molecule has 1 aromatic rings. The molecule has 0 bridgehead atoms. The van der Waals surface area contributed by atoms with E-state index in [9.17, 15) is 9.90 Å². The molecule has 2 aliphatic rings. The monoisotopic (exact) mass is 340 g/mol. The van der Waals surface area contributed by atoms with E-state index in [0.29, 0.717) is 24.3 Å². The van der Waals surface area contributed by atoms with Gasteiger partial charge in [-0.2, -0.15) is 0 Å². The molecule has 1 aliphatic carbocycles. The van der Waals surface area contributed by atoms with Gasteiger partial charge in [-0.25, -0.2) is 0 Å². The first-order valence-electron chi connectivity index (χ1n) is 6.89. The van der Waals surface area contributed by atoms with Crippen molar-refractivity contribution in [1.29, 1.82) is 0 Å². The van der Waals surface area contributed by atoms with Gasteiger partial charge < -0.3 is 14.6 Å². The van der Waals surface area contributed by atoms with Crippen LogP contribution < -0.4 is 9.47 Å². The SMILES string of the molecule is Cc1c(Br)cc2c(c1C1(C(=O)O)CCCCC1)OCO2. The minimum atomic E-state index is -0.843. The van der Waals surface area contributed by atoms with Crippen molar-refractivity contribution < 1.29 is 19.4 Å². The molecule has 0 amide bonds. The summed E-state index contributed by atoms with van der Waals surface area (Å²) in [5.41, 5.74) is 0.898. The van der Waals surface area contributed by atoms with Crippen LogP contribution in [-0.4, -0.2) is 17.9 Å². The third-order valence-electron chi connectivity index (χ3n) is 4.45. The second kappa shape index (κ2) is 4.95. The van der Waals surface area contributed by atoms with Gasteiger partial charge in [0.1, 0.15) is 0 Å². The molecule has 1 N–H and O–H groups in total. The van der Waals surface area contributed by atoms with Crippen LogP contribution in [0.15, 0.2) is 10.5 Å². The largest absolute Gasteiger partial charge is 0.481 e. The van der Waals surface area contributed by atoms with Crippen molar-refractivity contribution in [3.05, 3.63) is 21.7 Å². The van der Waals surface area contributed by atoms with Gasteiger partial charge in [-0.05, 0) is 31.4 Å². The Hall–Kier alpha value is -1.23. The molecule has 1 aliphatic heterocycles. The lowest BCUT2D eigenvalue weighted by atomic mass is 9.68. The van der Waals surface area contributed by atoms with Crippen molar-refractivity contribution in [3.8, 4) is 11.5 Å². The lowest BCUT2D eigenvalue weighted by Crippen LogP contribution is -2.38. The maximum Gasteiger partial charge on any atom is 0.314 e. The fraction of sp³-hybridized carbons (Fsp3) is 0.533. The Morgan fingerprint density at radius 2 is 2.00 bits per heavy atom. The Morgan fingerprint density at radius 3 is 2.65 bits per heavy atom. The summed E-state index contributed by atoms with van der Waals surface area (Å²) < 4.78 is 11.9. The van der Waals surface area contributed by atoms with Gasteiger partial charge in [0.05, 0.1) is 5.41 Å². The van der Waals surface area contributed by atoms with Gasteiger partial charge in [-0.3, -0.25) is 4.79 Å². The van der Waals surface area contributed by atoms with Crippen molar-refractivity contribution >= 4 is 21.9 Å². The first-order chi connectivity index (χ1) is 9.56. The molecule has 20 heavy (non-hydrogen) atoms. The van der Waals surface area contributed by atoms with Gasteiger partial charge in [0, 0.05) is 10.0 Å². The number of halogens is 1. The highest BCUT2D eigenvalue weighted by Gasteiger charge is 2.46. The van der Waals surface area contributed by atoms with Gasteiger partial charge in [-0.1, -0.05) is 35.2 Å². The van der Waals surface area contributed by atoms with Crippen LogP contribution in [0.5, 0.6) is 11.5 Å². The van der Waals surface area contributed by atoms with Gasteiger partial charge in [-0.15, -0.1) is 0 Å². The predicted molar refractivity (Wildman–Crippen MR) is 77.4 cm³/mol. The van der Waals surface area contributed by atoms with Crippen LogP contribution in [0.25, 0.3) is 0 Å². The third kappa shape index (κ3) is 1.91. The first-order valence-corrected chi connectivity index (χ1v) is 7.68. The Kier molecular flexibility index (Phi) is 3.40. The third-order valence-corrected chi connectivity index (χ3v) is 5.28. The standard InChI is InChI=1S/C15H17BrO4/c1-9-10(16)7-11-13(20-8-19-11)12(9)15(14(17)18)5-3-2-4-6-15/h7H,2-6,8H2,1H3,(H,17,18). The average Bonchev–Trinajstić information content (AvgIpc) is 2.88. The summed E-state index contributed by atoms with van der Waals surface area (Å²) >= 11 is 3.51. The molecule has 5 heteroatoms. The van der Waals surface area contributed by atoms with Crippen LogP contribution in [0, 0.1) is 6.92 Å².